The molecule has 2 aromatic heterocycles. The summed E-state index contributed by atoms with van der Waals surface area (Å²) >= 11 is 0. The molecule has 0 aliphatic rings. The maximum Gasteiger partial charge on any atom is 0.247 e. The van der Waals surface area contributed by atoms with Crippen molar-refractivity contribution in [1.82, 2.24) is 15.0 Å². The Balaban J connectivity index is 2.09. The summed E-state index contributed by atoms with van der Waals surface area (Å²) in [6.07, 6.45) is 3.16. The molecule has 0 aliphatic heterocycles. The first kappa shape index (κ1) is 13.3. The fourth-order valence-electron chi connectivity index (χ4n) is 2.14. The molecule has 0 spiro atoms. The van der Waals surface area contributed by atoms with E-state index in [-0.39, 0.29) is 12.2 Å². The van der Waals surface area contributed by atoms with E-state index in [1.807, 2.05) is 18.2 Å². The molecule has 1 aromatic carbocycles. The fourth-order valence-corrected chi connectivity index (χ4v) is 2.14. The number of nitrogens with zero attached hydrogens (tertiary/aromatic N) is 2. The number of benzene rings is 1. The molecular formula is C15H14N4O2. The highest BCUT2D eigenvalue weighted by atomic mass is 16.3. The average Bonchev–Trinajstić information content (AvgIpc) is 2.53. The minimum Gasteiger partial charge on any atom is -0.395 e. The van der Waals surface area contributed by atoms with Crippen LogP contribution in [-0.2, 0) is 0 Å². The summed E-state index contributed by atoms with van der Waals surface area (Å²) in [5, 5.41) is 12.9. The van der Waals surface area contributed by atoms with Crippen molar-refractivity contribution in [2.75, 3.05) is 18.5 Å². The van der Waals surface area contributed by atoms with Crippen LogP contribution < -0.4 is 10.9 Å². The number of aliphatic hydroxyl groups is 1. The van der Waals surface area contributed by atoms with Crippen LogP contribution in [0.4, 0.5) is 5.82 Å². The number of H-pyrrole nitrogens is 1. The molecule has 0 fully saturated rings. The summed E-state index contributed by atoms with van der Waals surface area (Å²) in [7, 11) is 0. The SMILES string of the molecule is O=c1ccc(-c2ccc3ncnc(NCCO)c3c2)c[nH]1. The molecule has 6 heteroatoms. The molecule has 0 saturated carbocycles. The van der Waals surface area contributed by atoms with E-state index in [2.05, 4.69) is 20.3 Å². The van der Waals surface area contributed by atoms with E-state index >= 15 is 0 Å². The van der Waals surface area contributed by atoms with E-state index in [1.165, 1.54) is 12.4 Å². The standard InChI is InChI=1S/C15H14N4O2/c20-6-5-16-15-12-7-10(1-3-13(12)18-9-19-15)11-2-4-14(21)17-8-11/h1-4,7-9,20H,5-6H2,(H,17,21)(H,16,18,19). The Kier molecular flexibility index (Phi) is 3.61. The lowest BCUT2D eigenvalue weighted by molar-refractivity contribution is 0.311. The van der Waals surface area contributed by atoms with Gasteiger partial charge in [-0.15, -0.1) is 0 Å². The average molecular weight is 282 g/mol. The van der Waals surface area contributed by atoms with Gasteiger partial charge in [-0.25, -0.2) is 9.97 Å². The van der Waals surface area contributed by atoms with Gasteiger partial charge in [0.15, 0.2) is 0 Å². The van der Waals surface area contributed by atoms with E-state index in [9.17, 15) is 4.79 Å². The first-order valence-electron chi connectivity index (χ1n) is 6.56. The van der Waals surface area contributed by atoms with Gasteiger partial charge < -0.3 is 15.4 Å². The quantitative estimate of drug-likeness (QED) is 0.672. The number of nitrogens with one attached hydrogen (secondary N) is 2. The third-order valence-electron chi connectivity index (χ3n) is 3.16. The molecule has 2 heterocycles. The fraction of sp³-hybridized carbons (Fsp3) is 0.133. The lowest BCUT2D eigenvalue weighted by Gasteiger charge is -2.08. The molecule has 0 radical (unpaired) electrons. The Hall–Kier alpha value is -2.73. The van der Waals surface area contributed by atoms with Gasteiger partial charge in [-0.1, -0.05) is 6.07 Å². The zero-order valence-corrected chi connectivity index (χ0v) is 11.2. The Labute approximate surface area is 120 Å². The third kappa shape index (κ3) is 2.75. The smallest absolute Gasteiger partial charge is 0.247 e. The predicted octanol–water partition coefficient (Wildman–Crippen LogP) is 1.39. The summed E-state index contributed by atoms with van der Waals surface area (Å²) in [6.45, 7) is 0.458. The molecule has 3 rings (SSSR count). The van der Waals surface area contributed by atoms with Crippen LogP contribution in [-0.4, -0.2) is 33.2 Å². The molecule has 0 atom stereocenters. The van der Waals surface area contributed by atoms with Gasteiger partial charge >= 0.3 is 0 Å². The minimum atomic E-state index is -0.131. The van der Waals surface area contributed by atoms with Crippen molar-refractivity contribution in [2.24, 2.45) is 0 Å². The third-order valence-corrected chi connectivity index (χ3v) is 3.16. The van der Waals surface area contributed by atoms with Crippen LogP contribution >= 0.6 is 0 Å². The number of aromatic nitrogens is 3. The van der Waals surface area contributed by atoms with Crippen molar-refractivity contribution in [1.29, 1.82) is 0 Å². The summed E-state index contributed by atoms with van der Waals surface area (Å²) in [4.78, 5) is 22.2. The van der Waals surface area contributed by atoms with E-state index in [1.54, 1.807) is 12.3 Å². The van der Waals surface area contributed by atoms with Crippen molar-refractivity contribution in [3.63, 3.8) is 0 Å². The Morgan fingerprint density at radius 2 is 2.00 bits per heavy atom. The van der Waals surface area contributed by atoms with Crippen LogP contribution in [0.5, 0.6) is 0 Å². The van der Waals surface area contributed by atoms with E-state index in [4.69, 9.17) is 5.11 Å². The van der Waals surface area contributed by atoms with Crippen LogP contribution in [0.25, 0.3) is 22.0 Å². The monoisotopic (exact) mass is 282 g/mol. The van der Waals surface area contributed by atoms with Crippen LogP contribution in [0, 0.1) is 0 Å². The normalized spacial score (nSPS) is 10.7. The van der Waals surface area contributed by atoms with Gasteiger partial charge in [0.25, 0.3) is 0 Å². The largest absolute Gasteiger partial charge is 0.395 e. The van der Waals surface area contributed by atoms with Crippen LogP contribution in [0.2, 0.25) is 0 Å². The lowest BCUT2D eigenvalue weighted by atomic mass is 10.1. The van der Waals surface area contributed by atoms with Gasteiger partial charge in [0.1, 0.15) is 12.1 Å². The molecule has 21 heavy (non-hydrogen) atoms. The van der Waals surface area contributed by atoms with Gasteiger partial charge in [0.2, 0.25) is 5.56 Å². The molecule has 106 valence electrons. The maximum atomic E-state index is 11.1. The van der Waals surface area contributed by atoms with Crippen LogP contribution in [0.15, 0.2) is 47.7 Å². The second kappa shape index (κ2) is 5.72. The van der Waals surface area contributed by atoms with Gasteiger partial charge in [-0.05, 0) is 29.3 Å². The van der Waals surface area contributed by atoms with Crippen molar-refractivity contribution in [3.05, 3.63) is 53.2 Å². The highest BCUT2D eigenvalue weighted by molar-refractivity contribution is 5.92. The molecule has 0 bridgehead atoms. The van der Waals surface area contributed by atoms with Gasteiger partial charge in [-0.2, -0.15) is 0 Å². The van der Waals surface area contributed by atoms with Gasteiger partial charge in [0, 0.05) is 24.2 Å². The zero-order valence-electron chi connectivity index (χ0n) is 11.2. The molecule has 0 saturated heterocycles. The van der Waals surface area contributed by atoms with Crippen molar-refractivity contribution in [3.8, 4) is 11.1 Å². The lowest BCUT2D eigenvalue weighted by Crippen LogP contribution is -2.07. The van der Waals surface area contributed by atoms with Gasteiger partial charge in [-0.3, -0.25) is 4.79 Å². The topological polar surface area (TPSA) is 90.9 Å². The molecule has 3 aromatic rings. The zero-order chi connectivity index (χ0) is 14.7. The maximum absolute atomic E-state index is 11.1. The second-order valence-electron chi connectivity index (χ2n) is 4.55. The van der Waals surface area contributed by atoms with E-state index < -0.39 is 0 Å². The number of aliphatic hydroxyl groups excluding tert-OH is 1. The number of hydrogen-bond acceptors (Lipinski definition) is 5. The van der Waals surface area contributed by atoms with Gasteiger partial charge in [0.05, 0.1) is 12.1 Å². The van der Waals surface area contributed by atoms with Crippen molar-refractivity contribution < 1.29 is 5.11 Å². The Morgan fingerprint density at radius 1 is 1.14 bits per heavy atom. The highest BCUT2D eigenvalue weighted by Gasteiger charge is 2.06. The predicted molar refractivity (Wildman–Crippen MR) is 81.2 cm³/mol. The summed E-state index contributed by atoms with van der Waals surface area (Å²) in [5.74, 6) is 0.681. The highest BCUT2D eigenvalue weighted by Crippen LogP contribution is 2.25. The first-order chi connectivity index (χ1) is 10.3. The van der Waals surface area contributed by atoms with E-state index in [0.717, 1.165) is 22.0 Å². The Bertz CT molecular complexity index is 809. The molecule has 0 amide bonds. The second-order valence-corrected chi connectivity index (χ2v) is 4.55. The molecule has 3 N–H and O–H groups in total. The number of hydrogen-bond donors (Lipinski definition) is 3. The summed E-state index contributed by atoms with van der Waals surface area (Å²) in [5.41, 5.74) is 2.56. The molecular weight excluding hydrogens is 268 g/mol. The van der Waals surface area contributed by atoms with Crippen molar-refractivity contribution in [2.45, 2.75) is 0 Å². The molecule has 0 aliphatic carbocycles. The number of anilines is 1. The number of fused-ring (bicyclic) bond motifs is 1. The summed E-state index contributed by atoms with van der Waals surface area (Å²) in [6, 6.07) is 9.07. The van der Waals surface area contributed by atoms with Crippen LogP contribution in [0.1, 0.15) is 0 Å². The molecule has 0 unspecified atom stereocenters. The van der Waals surface area contributed by atoms with Crippen molar-refractivity contribution >= 4 is 16.7 Å². The Morgan fingerprint density at radius 3 is 2.76 bits per heavy atom. The number of pyridine rings is 1. The first-order valence-corrected chi connectivity index (χ1v) is 6.56. The minimum absolute atomic E-state index is 0.0328. The summed E-state index contributed by atoms with van der Waals surface area (Å²) < 4.78 is 0. The van der Waals surface area contributed by atoms with Crippen LogP contribution in [0.3, 0.4) is 0 Å². The van der Waals surface area contributed by atoms with E-state index in [0.29, 0.717) is 12.4 Å². The number of aromatic amines is 1. The molecule has 6 nitrogen and oxygen atoms in total. The number of rotatable bonds is 4.